The van der Waals surface area contributed by atoms with E-state index in [9.17, 15) is 9.59 Å². The van der Waals surface area contributed by atoms with Crippen molar-refractivity contribution in [1.82, 2.24) is 10.6 Å². The van der Waals surface area contributed by atoms with Crippen LogP contribution < -0.4 is 10.6 Å². The lowest BCUT2D eigenvalue weighted by Crippen LogP contribution is -2.41. The predicted octanol–water partition coefficient (Wildman–Crippen LogP) is 2.18. The highest BCUT2D eigenvalue weighted by atomic mass is 32.1. The van der Waals surface area contributed by atoms with Crippen molar-refractivity contribution in [3.05, 3.63) is 57.8 Å². The molecule has 0 bridgehead atoms. The zero-order valence-electron chi connectivity index (χ0n) is 13.2. The molecule has 1 aromatic carbocycles. The van der Waals surface area contributed by atoms with Crippen molar-refractivity contribution in [2.75, 3.05) is 13.7 Å². The quantitative estimate of drug-likeness (QED) is 0.797. The molecule has 0 fully saturated rings. The summed E-state index contributed by atoms with van der Waals surface area (Å²) in [5.41, 5.74) is 0.942. The number of carbonyl (C=O) groups is 2. The highest BCUT2D eigenvalue weighted by Crippen LogP contribution is 2.24. The lowest BCUT2D eigenvalue weighted by atomic mass is 10.2. The van der Waals surface area contributed by atoms with Gasteiger partial charge in [-0.3, -0.25) is 9.59 Å². The first kappa shape index (κ1) is 17.2. The van der Waals surface area contributed by atoms with Crippen LogP contribution in [0.4, 0.5) is 0 Å². The minimum atomic E-state index is -0.656. The summed E-state index contributed by atoms with van der Waals surface area (Å²) in [7, 11) is 1.58. The minimum Gasteiger partial charge on any atom is -0.374 e. The molecule has 1 aromatic heterocycles. The van der Waals surface area contributed by atoms with Crippen molar-refractivity contribution >= 4 is 23.2 Å². The van der Waals surface area contributed by atoms with Crippen molar-refractivity contribution in [2.24, 2.45) is 0 Å². The number of benzene rings is 1. The summed E-state index contributed by atoms with van der Waals surface area (Å²) >= 11 is 1.61. The van der Waals surface area contributed by atoms with Crippen LogP contribution in [0.1, 0.15) is 21.4 Å². The monoisotopic (exact) mass is 332 g/mol. The molecular formula is C17H20N2O3S. The van der Waals surface area contributed by atoms with E-state index in [0.717, 1.165) is 10.4 Å². The molecule has 2 N–H and O–H groups in total. The van der Waals surface area contributed by atoms with Crippen molar-refractivity contribution in [3.8, 4) is 0 Å². The molecule has 0 aliphatic carbocycles. The molecule has 2 aromatic rings. The Bertz CT molecular complexity index is 655. The van der Waals surface area contributed by atoms with Gasteiger partial charge in [-0.1, -0.05) is 30.3 Å². The fourth-order valence-electron chi connectivity index (χ4n) is 2.05. The van der Waals surface area contributed by atoms with Crippen LogP contribution in [0.25, 0.3) is 0 Å². The van der Waals surface area contributed by atoms with Crippen LogP contribution in [0, 0.1) is 6.92 Å². The lowest BCUT2D eigenvalue weighted by molar-refractivity contribution is -0.139. The zero-order valence-corrected chi connectivity index (χ0v) is 14.0. The van der Waals surface area contributed by atoms with E-state index in [2.05, 4.69) is 10.6 Å². The van der Waals surface area contributed by atoms with Crippen LogP contribution in [0.5, 0.6) is 0 Å². The van der Waals surface area contributed by atoms with Crippen LogP contribution in [-0.2, 0) is 20.9 Å². The molecule has 0 radical (unpaired) electrons. The zero-order chi connectivity index (χ0) is 16.7. The molecule has 5 nitrogen and oxygen atoms in total. The summed E-state index contributed by atoms with van der Waals surface area (Å²) < 4.78 is 5.37. The van der Waals surface area contributed by atoms with Gasteiger partial charge in [-0.05, 0) is 24.6 Å². The Balaban J connectivity index is 1.80. The number of nitrogens with one attached hydrogen (secondary N) is 2. The Kier molecular flexibility index (Phi) is 6.31. The molecule has 2 amide bonds. The molecule has 0 saturated carbocycles. The highest BCUT2D eigenvalue weighted by Gasteiger charge is 2.17. The van der Waals surface area contributed by atoms with Crippen LogP contribution in [-0.4, -0.2) is 25.5 Å². The van der Waals surface area contributed by atoms with E-state index in [4.69, 9.17) is 4.74 Å². The second-order valence-electron chi connectivity index (χ2n) is 5.05. The Morgan fingerprint density at radius 1 is 1.09 bits per heavy atom. The maximum atomic E-state index is 11.8. The summed E-state index contributed by atoms with van der Waals surface area (Å²) in [4.78, 5) is 25.8. The van der Waals surface area contributed by atoms with Gasteiger partial charge in [0.05, 0.1) is 0 Å². The first-order chi connectivity index (χ1) is 11.1. The van der Waals surface area contributed by atoms with Gasteiger partial charge in [-0.15, -0.1) is 11.3 Å². The first-order valence-corrected chi connectivity index (χ1v) is 8.11. The molecule has 0 unspecified atom stereocenters. The smallest absolute Gasteiger partial charge is 0.309 e. The normalized spacial score (nSPS) is 11.7. The lowest BCUT2D eigenvalue weighted by Gasteiger charge is -2.14. The maximum Gasteiger partial charge on any atom is 0.309 e. The van der Waals surface area contributed by atoms with Gasteiger partial charge in [0.1, 0.15) is 6.10 Å². The largest absolute Gasteiger partial charge is 0.374 e. The summed E-state index contributed by atoms with van der Waals surface area (Å²) in [5, 5.41) is 5.20. The van der Waals surface area contributed by atoms with Gasteiger partial charge >= 0.3 is 11.8 Å². The number of aryl methyl sites for hydroxylation is 1. The molecule has 122 valence electrons. The first-order valence-electron chi connectivity index (χ1n) is 7.29. The average Bonchev–Trinajstić information content (AvgIpc) is 3.00. The number of hydrogen-bond acceptors (Lipinski definition) is 4. The average molecular weight is 332 g/mol. The summed E-state index contributed by atoms with van der Waals surface area (Å²) in [6.45, 7) is 2.59. The Morgan fingerprint density at radius 3 is 2.39 bits per heavy atom. The number of rotatable bonds is 6. The van der Waals surface area contributed by atoms with Gasteiger partial charge in [0.25, 0.3) is 0 Å². The molecule has 0 saturated heterocycles. The molecule has 1 atom stereocenters. The standard InChI is InChI=1S/C17H20N2O3S/c1-12-8-9-15(23-12)14(22-2)11-19-17(21)16(20)18-10-13-6-4-3-5-7-13/h3-9,14H,10-11H2,1-2H3,(H,18,20)(H,19,21)/t14-/m1/s1. The van der Waals surface area contributed by atoms with E-state index in [1.165, 1.54) is 4.88 Å². The molecule has 0 spiro atoms. The molecular weight excluding hydrogens is 312 g/mol. The van der Waals surface area contributed by atoms with Crippen molar-refractivity contribution < 1.29 is 14.3 Å². The molecule has 23 heavy (non-hydrogen) atoms. The third-order valence-electron chi connectivity index (χ3n) is 3.31. The Labute approximate surface area is 139 Å². The second-order valence-corrected chi connectivity index (χ2v) is 6.37. The van der Waals surface area contributed by atoms with E-state index in [1.54, 1.807) is 18.4 Å². The van der Waals surface area contributed by atoms with Crippen LogP contribution in [0.15, 0.2) is 42.5 Å². The SMILES string of the molecule is CO[C@H](CNC(=O)C(=O)NCc1ccccc1)c1ccc(C)s1. The van der Waals surface area contributed by atoms with E-state index < -0.39 is 11.8 Å². The summed E-state index contributed by atoms with van der Waals surface area (Å²) in [6.07, 6.45) is -0.250. The topological polar surface area (TPSA) is 67.4 Å². The second kappa shape index (κ2) is 8.45. The summed E-state index contributed by atoms with van der Waals surface area (Å²) in [5.74, 6) is -1.30. The van der Waals surface area contributed by atoms with Gasteiger partial charge in [0.15, 0.2) is 0 Å². The number of carbonyl (C=O) groups excluding carboxylic acids is 2. The number of thiophene rings is 1. The fraction of sp³-hybridized carbons (Fsp3) is 0.294. The third-order valence-corrected chi connectivity index (χ3v) is 4.41. The van der Waals surface area contributed by atoms with Gasteiger partial charge in [-0.2, -0.15) is 0 Å². The molecule has 0 aliphatic heterocycles. The van der Waals surface area contributed by atoms with Crippen LogP contribution in [0.3, 0.4) is 0 Å². The number of ether oxygens (including phenoxy) is 1. The Hall–Kier alpha value is -2.18. The predicted molar refractivity (Wildman–Crippen MR) is 90.1 cm³/mol. The van der Waals surface area contributed by atoms with Gasteiger partial charge in [-0.25, -0.2) is 0 Å². The van der Waals surface area contributed by atoms with E-state index in [-0.39, 0.29) is 12.6 Å². The highest BCUT2D eigenvalue weighted by molar-refractivity contribution is 7.12. The summed E-state index contributed by atoms with van der Waals surface area (Å²) in [6, 6.07) is 13.4. The molecule has 0 aliphatic rings. The van der Waals surface area contributed by atoms with Gasteiger partial charge < -0.3 is 15.4 Å². The van der Waals surface area contributed by atoms with E-state index in [0.29, 0.717) is 6.54 Å². The van der Waals surface area contributed by atoms with E-state index in [1.807, 2.05) is 49.4 Å². The number of amides is 2. The number of methoxy groups -OCH3 is 1. The minimum absolute atomic E-state index is 0.250. The number of hydrogen-bond donors (Lipinski definition) is 2. The van der Waals surface area contributed by atoms with Gasteiger partial charge in [0, 0.05) is 30.0 Å². The van der Waals surface area contributed by atoms with Crippen LogP contribution in [0.2, 0.25) is 0 Å². The van der Waals surface area contributed by atoms with Crippen molar-refractivity contribution in [3.63, 3.8) is 0 Å². The maximum absolute atomic E-state index is 11.8. The van der Waals surface area contributed by atoms with E-state index >= 15 is 0 Å². The van der Waals surface area contributed by atoms with Crippen molar-refractivity contribution in [2.45, 2.75) is 19.6 Å². The Morgan fingerprint density at radius 2 is 1.78 bits per heavy atom. The molecule has 2 rings (SSSR count). The third kappa shape index (κ3) is 5.19. The van der Waals surface area contributed by atoms with Crippen LogP contribution >= 0.6 is 11.3 Å². The van der Waals surface area contributed by atoms with Crippen molar-refractivity contribution in [1.29, 1.82) is 0 Å². The fourth-order valence-corrected chi connectivity index (χ4v) is 3.01. The molecule has 1 heterocycles. The van der Waals surface area contributed by atoms with Gasteiger partial charge in [0.2, 0.25) is 0 Å². The molecule has 6 heteroatoms.